The van der Waals surface area contributed by atoms with E-state index in [1.807, 2.05) is 0 Å². The van der Waals surface area contributed by atoms with Crippen LogP contribution in [-0.4, -0.2) is 42.1 Å². The molecule has 2 heterocycles. The highest BCUT2D eigenvalue weighted by Gasteiger charge is 2.16. The average Bonchev–Trinajstić information content (AvgIpc) is 2.91. The number of rotatable bonds is 5. The van der Waals surface area contributed by atoms with Gasteiger partial charge in [-0.25, -0.2) is 0 Å². The van der Waals surface area contributed by atoms with Gasteiger partial charge in [0.15, 0.2) is 0 Å². The summed E-state index contributed by atoms with van der Waals surface area (Å²) in [7, 11) is 1.75. The summed E-state index contributed by atoms with van der Waals surface area (Å²) in [5, 5.41) is 0. The first-order chi connectivity index (χ1) is 9.16. The van der Waals surface area contributed by atoms with E-state index in [1.165, 1.54) is 6.07 Å². The lowest BCUT2D eigenvalue weighted by Gasteiger charge is -2.18. The number of aromatic amines is 1. The summed E-state index contributed by atoms with van der Waals surface area (Å²) in [5.41, 5.74) is 0.0886. The van der Waals surface area contributed by atoms with Crippen molar-refractivity contribution in [2.45, 2.75) is 31.8 Å². The minimum atomic E-state index is -0.251. The number of ether oxygens (including phenoxy) is 1. The molecule has 1 aromatic heterocycles. The molecule has 1 amide bonds. The lowest BCUT2D eigenvalue weighted by molar-refractivity contribution is 0.0757. The predicted octanol–water partition coefficient (Wildman–Crippen LogP) is 1.41. The van der Waals surface area contributed by atoms with Crippen molar-refractivity contribution in [1.82, 2.24) is 9.88 Å². The van der Waals surface area contributed by atoms with Gasteiger partial charge in [0.1, 0.15) is 5.69 Å². The van der Waals surface area contributed by atoms with Gasteiger partial charge in [0, 0.05) is 26.3 Å². The van der Waals surface area contributed by atoms with Crippen molar-refractivity contribution in [3.63, 3.8) is 0 Å². The van der Waals surface area contributed by atoms with Crippen LogP contribution in [0, 0.1) is 0 Å². The lowest BCUT2D eigenvalue weighted by atomic mass is 10.1. The molecule has 0 radical (unpaired) electrons. The summed E-state index contributed by atoms with van der Waals surface area (Å²) in [5.74, 6) is -0.148. The van der Waals surface area contributed by atoms with E-state index in [1.54, 1.807) is 24.1 Å². The Morgan fingerprint density at radius 2 is 2.37 bits per heavy atom. The van der Waals surface area contributed by atoms with Crippen LogP contribution in [0.2, 0.25) is 0 Å². The van der Waals surface area contributed by atoms with Crippen LogP contribution >= 0.6 is 0 Å². The van der Waals surface area contributed by atoms with Crippen LogP contribution in [-0.2, 0) is 4.74 Å². The Hall–Kier alpha value is -1.62. The first-order valence-electron chi connectivity index (χ1n) is 6.73. The monoisotopic (exact) mass is 264 g/mol. The number of carbonyl (C=O) groups is 1. The maximum absolute atomic E-state index is 12.0. The zero-order valence-electron chi connectivity index (χ0n) is 11.2. The van der Waals surface area contributed by atoms with Crippen molar-refractivity contribution in [3.8, 4) is 0 Å². The van der Waals surface area contributed by atoms with Gasteiger partial charge in [0.2, 0.25) is 5.56 Å². The summed E-state index contributed by atoms with van der Waals surface area (Å²) in [6.07, 6.45) is 4.54. The van der Waals surface area contributed by atoms with Crippen molar-refractivity contribution >= 4 is 5.91 Å². The number of H-pyrrole nitrogens is 1. The zero-order chi connectivity index (χ0) is 13.7. The van der Waals surface area contributed by atoms with E-state index >= 15 is 0 Å². The van der Waals surface area contributed by atoms with Gasteiger partial charge in [-0.1, -0.05) is 6.07 Å². The lowest BCUT2D eigenvalue weighted by Crippen LogP contribution is -2.30. The highest BCUT2D eigenvalue weighted by molar-refractivity contribution is 5.91. The quantitative estimate of drug-likeness (QED) is 0.874. The molecule has 0 aromatic carbocycles. The number of aromatic nitrogens is 1. The molecule has 1 aromatic rings. The smallest absolute Gasteiger partial charge is 0.270 e. The first-order valence-corrected chi connectivity index (χ1v) is 6.73. The van der Waals surface area contributed by atoms with Crippen LogP contribution in [0.5, 0.6) is 0 Å². The normalized spacial score (nSPS) is 18.5. The molecule has 5 nitrogen and oxygen atoms in total. The number of nitrogens with zero attached hydrogens (tertiary/aromatic N) is 1. The second kappa shape index (κ2) is 6.52. The molecule has 19 heavy (non-hydrogen) atoms. The van der Waals surface area contributed by atoms with Crippen LogP contribution in [0.25, 0.3) is 0 Å². The Morgan fingerprint density at radius 3 is 3.05 bits per heavy atom. The molecular formula is C14H20N2O3. The number of pyridine rings is 1. The van der Waals surface area contributed by atoms with E-state index in [0.29, 0.717) is 18.3 Å². The molecule has 5 heteroatoms. The van der Waals surface area contributed by atoms with Crippen molar-refractivity contribution in [2.24, 2.45) is 0 Å². The van der Waals surface area contributed by atoms with Gasteiger partial charge in [-0.05, 0) is 31.7 Å². The number of amides is 1. The second-order valence-corrected chi connectivity index (χ2v) is 4.93. The Bertz CT molecular complexity index is 478. The van der Waals surface area contributed by atoms with Crippen LogP contribution in [0.1, 0.15) is 36.2 Å². The molecule has 0 unspecified atom stereocenters. The van der Waals surface area contributed by atoms with Crippen molar-refractivity contribution in [1.29, 1.82) is 0 Å². The average molecular weight is 264 g/mol. The molecule has 0 aliphatic carbocycles. The molecule has 0 bridgehead atoms. The molecule has 0 spiro atoms. The summed E-state index contributed by atoms with van der Waals surface area (Å²) in [6.45, 7) is 1.54. The molecule has 1 atom stereocenters. The van der Waals surface area contributed by atoms with E-state index in [0.717, 1.165) is 32.3 Å². The number of carbonyl (C=O) groups excluding carboxylic acids is 1. The van der Waals surface area contributed by atoms with Crippen LogP contribution in [0.3, 0.4) is 0 Å². The van der Waals surface area contributed by atoms with Gasteiger partial charge in [-0.15, -0.1) is 0 Å². The summed E-state index contributed by atoms with van der Waals surface area (Å²) in [4.78, 5) is 27.4. The zero-order valence-corrected chi connectivity index (χ0v) is 11.2. The third kappa shape index (κ3) is 3.92. The second-order valence-electron chi connectivity index (χ2n) is 4.93. The highest BCUT2D eigenvalue weighted by Crippen LogP contribution is 2.16. The molecule has 1 fully saturated rings. The fourth-order valence-electron chi connectivity index (χ4n) is 2.31. The van der Waals surface area contributed by atoms with Crippen molar-refractivity contribution in [2.75, 3.05) is 20.2 Å². The maximum Gasteiger partial charge on any atom is 0.270 e. The van der Waals surface area contributed by atoms with Crippen LogP contribution in [0.4, 0.5) is 0 Å². The minimum Gasteiger partial charge on any atom is -0.378 e. The summed E-state index contributed by atoms with van der Waals surface area (Å²) in [6, 6.07) is 4.61. The molecule has 104 valence electrons. The molecule has 1 aliphatic rings. The molecule has 0 saturated carbocycles. The van der Waals surface area contributed by atoms with Crippen molar-refractivity contribution in [3.05, 3.63) is 34.2 Å². The molecule has 1 saturated heterocycles. The fourth-order valence-corrected chi connectivity index (χ4v) is 2.31. The van der Waals surface area contributed by atoms with E-state index < -0.39 is 0 Å². The van der Waals surface area contributed by atoms with Gasteiger partial charge in [-0.3, -0.25) is 9.59 Å². The van der Waals surface area contributed by atoms with E-state index in [9.17, 15) is 9.59 Å². The highest BCUT2D eigenvalue weighted by atomic mass is 16.5. The summed E-state index contributed by atoms with van der Waals surface area (Å²) >= 11 is 0. The van der Waals surface area contributed by atoms with Gasteiger partial charge in [0.25, 0.3) is 5.91 Å². The Kier molecular flexibility index (Phi) is 4.74. The van der Waals surface area contributed by atoms with Gasteiger partial charge in [0.05, 0.1) is 6.10 Å². The van der Waals surface area contributed by atoms with Crippen LogP contribution < -0.4 is 5.56 Å². The standard InChI is InChI=1S/C14H20N2O3/c1-16(9-3-5-11-6-4-10-19-11)14(18)12-7-2-8-13(17)15-12/h2,7-8,11H,3-6,9-10H2,1H3,(H,15,17)/t11-/m1/s1. The number of hydrogen-bond donors (Lipinski definition) is 1. The predicted molar refractivity (Wildman–Crippen MR) is 72.2 cm³/mol. The van der Waals surface area contributed by atoms with E-state index in [-0.39, 0.29) is 11.5 Å². The van der Waals surface area contributed by atoms with Crippen LogP contribution in [0.15, 0.2) is 23.0 Å². The van der Waals surface area contributed by atoms with Crippen molar-refractivity contribution < 1.29 is 9.53 Å². The minimum absolute atomic E-state index is 0.148. The fraction of sp³-hybridized carbons (Fsp3) is 0.571. The van der Waals surface area contributed by atoms with Gasteiger partial charge < -0.3 is 14.6 Å². The van der Waals surface area contributed by atoms with Gasteiger partial charge >= 0.3 is 0 Å². The molecule has 1 aliphatic heterocycles. The first kappa shape index (κ1) is 13.8. The summed E-state index contributed by atoms with van der Waals surface area (Å²) < 4.78 is 5.54. The molecule has 2 rings (SSSR count). The molecular weight excluding hydrogens is 244 g/mol. The largest absolute Gasteiger partial charge is 0.378 e. The number of hydrogen-bond acceptors (Lipinski definition) is 3. The maximum atomic E-state index is 12.0. The topological polar surface area (TPSA) is 62.4 Å². The SMILES string of the molecule is CN(CCC[C@@H]1CCCO1)C(=O)c1cccc(=O)[nH]1. The third-order valence-electron chi connectivity index (χ3n) is 3.39. The number of nitrogens with one attached hydrogen (secondary N) is 1. The Balaban J connectivity index is 1.80. The Morgan fingerprint density at radius 1 is 1.53 bits per heavy atom. The van der Waals surface area contributed by atoms with E-state index in [2.05, 4.69) is 4.98 Å². The van der Waals surface area contributed by atoms with Gasteiger partial charge in [-0.2, -0.15) is 0 Å². The Labute approximate surface area is 112 Å². The molecule has 1 N–H and O–H groups in total. The van der Waals surface area contributed by atoms with E-state index in [4.69, 9.17) is 4.74 Å². The third-order valence-corrected chi connectivity index (χ3v) is 3.39.